The van der Waals surface area contributed by atoms with Gasteiger partial charge in [0, 0.05) is 0 Å². The molecule has 1 radical (unpaired) electrons. The Labute approximate surface area is 172 Å². The Morgan fingerprint density at radius 3 is 0.750 bits per heavy atom. The zero-order chi connectivity index (χ0) is 16.3. The Kier molecular flexibility index (Phi) is 26.4. The van der Waals surface area contributed by atoms with E-state index < -0.39 is 19.7 Å². The van der Waals surface area contributed by atoms with Crippen molar-refractivity contribution in [2.75, 3.05) is 26.2 Å². The zero-order valence-electron chi connectivity index (χ0n) is 11.7. The van der Waals surface area contributed by atoms with E-state index in [1.807, 2.05) is 0 Å². The summed E-state index contributed by atoms with van der Waals surface area (Å²) in [5, 5.41) is 0. The predicted molar refractivity (Wildman–Crippen MR) is 102 cm³/mol. The van der Waals surface area contributed by atoms with Crippen LogP contribution in [0.4, 0.5) is 0 Å². The second kappa shape index (κ2) is 16.6. The van der Waals surface area contributed by atoms with Gasteiger partial charge in [0.2, 0.25) is 0 Å². The molecule has 1 nitrogen and oxygen atoms in total. The van der Waals surface area contributed by atoms with Crippen molar-refractivity contribution in [2.24, 2.45) is 0 Å². The van der Waals surface area contributed by atoms with Crippen LogP contribution >= 0.6 is 39.3 Å². The van der Waals surface area contributed by atoms with Crippen LogP contribution in [0.25, 0.3) is 0 Å². The van der Waals surface area contributed by atoms with Crippen LogP contribution in [0.2, 0.25) is 0 Å². The minimum atomic E-state index is -2.69. The van der Waals surface area contributed by atoms with Gasteiger partial charge in [0.25, 0.3) is 0 Å². The van der Waals surface area contributed by atoms with E-state index in [4.69, 9.17) is 0 Å². The topological polar surface area (TPSA) is 0 Å². The van der Waals surface area contributed by atoms with Crippen molar-refractivity contribution < 1.29 is 41.0 Å². The Balaban J connectivity index is -0.000000101. The number of hydrogen-bond acceptors (Lipinski definition) is 8. The van der Waals surface area contributed by atoms with Gasteiger partial charge in [0.05, 0.1) is 26.2 Å². The van der Waals surface area contributed by atoms with E-state index in [-0.39, 0.29) is 16.8 Å². The molecule has 0 rings (SSSR count). The summed E-state index contributed by atoms with van der Waals surface area (Å²) in [7, 11) is 30.3. The van der Waals surface area contributed by atoms with E-state index in [0.717, 1.165) is 0 Å². The molecule has 0 aliphatic heterocycles. The summed E-state index contributed by atoms with van der Waals surface area (Å²) in [6.45, 7) is 14.2. The van der Waals surface area contributed by atoms with Crippen molar-refractivity contribution >= 4 is 80.6 Å². The van der Waals surface area contributed by atoms with Crippen molar-refractivity contribution in [3.8, 4) is 0 Å². The Bertz CT molecular complexity index is 341. The Morgan fingerprint density at radius 2 is 0.750 bits per heavy atom. The third-order valence-corrected chi connectivity index (χ3v) is 2.68. The van der Waals surface area contributed by atoms with Gasteiger partial charge in [0.1, 0.15) is 0 Å². The molecule has 127 valence electrons. The van der Waals surface area contributed by atoms with Crippen LogP contribution in [0.5, 0.6) is 0 Å². The third-order valence-electron chi connectivity index (χ3n) is 2.68. The van der Waals surface area contributed by atoms with Gasteiger partial charge < -0.3 is 4.48 Å². The Hall–Kier alpha value is 4.12. The van der Waals surface area contributed by atoms with Crippen LogP contribution in [0, 0.1) is 0 Å². The minimum absolute atomic E-state index is 0. The molecule has 0 aromatic rings. The normalized spacial score (nSPS) is 11.2. The standard InChI is InChI=1S/C8H20N.Co.2Mo.8S/c1-5-9(6-2,7-3)8-4;;;;;;;;;;;/h5-8H2,1-4H3;;;;;;;;;;;/q+1;+2;;;;;;;4*-1. The van der Waals surface area contributed by atoms with Gasteiger partial charge in [-0.1, -0.05) is 0 Å². The van der Waals surface area contributed by atoms with Gasteiger partial charge in [-0.3, -0.25) is 0 Å². The number of rotatable bonds is 4. The van der Waals surface area contributed by atoms with E-state index in [0.29, 0.717) is 0 Å². The molecule has 0 aliphatic rings. The SMILES string of the molecule is CC[N+](CC)(CC)CC.[Co+2].[S]=[Mo](=[S])([S-])[S-].[S]=[Mo](=[S])([S-])[S-]. The van der Waals surface area contributed by atoms with Crippen molar-refractivity contribution in [3.63, 3.8) is 0 Å². The molecule has 0 aromatic heterocycles. The molecule has 12 heteroatoms. The van der Waals surface area contributed by atoms with E-state index in [9.17, 15) is 0 Å². The zero-order valence-corrected chi connectivity index (χ0v) is 23.3. The Morgan fingerprint density at radius 1 is 0.650 bits per heavy atom. The van der Waals surface area contributed by atoms with Gasteiger partial charge in [-0.15, -0.1) is 0 Å². The summed E-state index contributed by atoms with van der Waals surface area (Å²) in [6, 6.07) is 0. The fourth-order valence-corrected chi connectivity index (χ4v) is 1.34. The first kappa shape index (κ1) is 31.9. The van der Waals surface area contributed by atoms with Crippen LogP contribution < -0.4 is 0 Å². The fourth-order valence-electron chi connectivity index (χ4n) is 1.34. The van der Waals surface area contributed by atoms with E-state index in [2.05, 4.69) is 108 Å². The second-order valence-corrected chi connectivity index (χ2v) is 46.1. The summed E-state index contributed by atoms with van der Waals surface area (Å²) in [5.74, 6) is 0. The number of quaternary nitrogens is 1. The summed E-state index contributed by atoms with van der Waals surface area (Å²) in [6.07, 6.45) is 0. The van der Waals surface area contributed by atoms with E-state index >= 15 is 0 Å². The molecule has 0 unspecified atom stereocenters. The van der Waals surface area contributed by atoms with Gasteiger partial charge >= 0.3 is 117 Å². The molecule has 0 heterocycles. The van der Waals surface area contributed by atoms with Gasteiger partial charge in [-0.2, -0.15) is 0 Å². The maximum atomic E-state index is 4.46. The first-order valence-electron chi connectivity index (χ1n) is 5.43. The fraction of sp³-hybridized carbons (Fsp3) is 1.00. The predicted octanol–water partition coefficient (Wildman–Crippen LogP) is 4.46. The van der Waals surface area contributed by atoms with Crippen LogP contribution in [-0.4, -0.2) is 30.7 Å². The van der Waals surface area contributed by atoms with Crippen molar-refractivity contribution in [1.29, 1.82) is 0 Å². The monoisotopic (exact) mass is 641 g/mol. The molecule has 0 aromatic carbocycles. The second-order valence-electron chi connectivity index (χ2n) is 3.42. The van der Waals surface area contributed by atoms with Crippen molar-refractivity contribution in [1.82, 2.24) is 0 Å². The number of nitrogens with zero attached hydrogens (tertiary/aromatic N) is 1. The third kappa shape index (κ3) is 38.0. The van der Waals surface area contributed by atoms with Gasteiger partial charge in [-0.25, -0.2) is 0 Å². The molecule has 0 spiro atoms. The first-order chi connectivity index (χ1) is 8.24. The molecule has 0 aliphatic carbocycles. The van der Waals surface area contributed by atoms with Crippen LogP contribution in [0.3, 0.4) is 0 Å². The summed E-state index contributed by atoms with van der Waals surface area (Å²) >= 11 is 0. The van der Waals surface area contributed by atoms with Crippen molar-refractivity contribution in [2.45, 2.75) is 27.7 Å². The molecule has 0 fully saturated rings. The molecular formula is C8H20CoMo2NS8-. The van der Waals surface area contributed by atoms with Crippen LogP contribution in [-0.2, 0) is 77.8 Å². The molecular weight excluding hydrogens is 617 g/mol. The summed E-state index contributed by atoms with van der Waals surface area (Å²) in [5.41, 5.74) is 0. The van der Waals surface area contributed by atoms with Crippen LogP contribution in [0.15, 0.2) is 0 Å². The van der Waals surface area contributed by atoms with Crippen molar-refractivity contribution in [3.05, 3.63) is 0 Å². The van der Waals surface area contributed by atoms with E-state index in [1.54, 1.807) is 0 Å². The number of hydrogen-bond donors (Lipinski definition) is 0. The first-order valence-corrected chi connectivity index (χ1v) is 27.8. The maximum absolute atomic E-state index is 4.46. The molecule has 20 heavy (non-hydrogen) atoms. The van der Waals surface area contributed by atoms with Gasteiger partial charge in [0.15, 0.2) is 0 Å². The summed E-state index contributed by atoms with van der Waals surface area (Å²) < 4.78 is 1.28. The average Bonchev–Trinajstić information content (AvgIpc) is 2.17. The molecule has 0 N–H and O–H groups in total. The molecule has 0 atom stereocenters. The van der Waals surface area contributed by atoms with Gasteiger partial charge in [-0.05, 0) is 27.7 Å². The van der Waals surface area contributed by atoms with Crippen LogP contribution in [0.1, 0.15) is 27.7 Å². The average molecular weight is 638 g/mol. The van der Waals surface area contributed by atoms with E-state index in [1.165, 1.54) is 30.7 Å². The molecule has 0 amide bonds. The molecule has 0 saturated carbocycles. The molecule has 0 bridgehead atoms. The molecule has 0 saturated heterocycles. The quantitative estimate of drug-likeness (QED) is 0.249. The summed E-state index contributed by atoms with van der Waals surface area (Å²) in [4.78, 5) is 0.